The lowest BCUT2D eigenvalue weighted by Crippen LogP contribution is -2.56. The topological polar surface area (TPSA) is 196 Å². The summed E-state index contributed by atoms with van der Waals surface area (Å²) in [5.74, 6) is -3.23. The molecule has 3 atom stereocenters. The molecule has 0 saturated heterocycles. The fourth-order valence-corrected chi connectivity index (χ4v) is 3.83. The van der Waals surface area contributed by atoms with E-state index in [0.717, 1.165) is 5.56 Å². The molecule has 0 saturated carbocycles. The molecule has 13 heteroatoms. The van der Waals surface area contributed by atoms with Crippen LogP contribution in [0, 0.1) is 0 Å². The maximum absolute atomic E-state index is 13.4. The highest BCUT2D eigenvalue weighted by molar-refractivity contribution is 6.25. The van der Waals surface area contributed by atoms with E-state index < -0.39 is 53.7 Å². The number of esters is 1. The van der Waals surface area contributed by atoms with E-state index in [0.29, 0.717) is 25.6 Å². The lowest BCUT2D eigenvalue weighted by atomic mass is 10.0. The monoisotopic (exact) mass is 572 g/mol. The molecule has 13 nitrogen and oxygen atoms in total. The van der Waals surface area contributed by atoms with Gasteiger partial charge >= 0.3 is 12.2 Å². The predicted molar refractivity (Wildman–Crippen MR) is 149 cm³/mol. The molecule has 0 heterocycles. The molecule has 1 aromatic carbocycles. The second-order valence-electron chi connectivity index (χ2n) is 9.78. The second kappa shape index (κ2) is 18.8. The number of carbonyl (C=O) groups excluding carboxylic acids is 6. The van der Waals surface area contributed by atoms with Crippen molar-refractivity contribution in [3.8, 4) is 0 Å². The Hall–Kier alpha value is -4.38. The van der Waals surface area contributed by atoms with Crippen LogP contribution >= 0.6 is 0 Å². The molecule has 0 aromatic heterocycles. The maximum Gasteiger partial charge on any atom is 0.328 e. The quantitative estimate of drug-likeness (QED) is 0.0650. The molecule has 0 radical (unpaired) electrons. The first kappa shape index (κ1) is 34.6. The Morgan fingerprint density at radius 1 is 0.854 bits per heavy atom. The number of unbranched alkanes of at least 4 members (excludes halogenated alkanes) is 1. The molecule has 1 aromatic rings. The largest absolute Gasteiger partial charge is 0.461 e. The predicted octanol–water partition coefficient (Wildman–Crippen LogP) is 0.611. The van der Waals surface area contributed by atoms with E-state index in [1.54, 1.807) is 26.0 Å². The van der Waals surface area contributed by atoms with Gasteiger partial charge in [0.05, 0.1) is 6.10 Å². The zero-order valence-electron chi connectivity index (χ0n) is 24.0. The molecule has 0 fully saturated rings. The summed E-state index contributed by atoms with van der Waals surface area (Å²) in [5.41, 5.74) is 9.37. The van der Waals surface area contributed by atoms with Crippen molar-refractivity contribution in [1.82, 2.24) is 21.3 Å². The van der Waals surface area contributed by atoms with Crippen LogP contribution in [0.2, 0.25) is 0 Å². The molecule has 41 heavy (non-hydrogen) atoms. The van der Waals surface area contributed by atoms with Gasteiger partial charge in [-0.25, -0.2) is 4.79 Å². The molecule has 0 unspecified atom stereocenters. The van der Waals surface area contributed by atoms with E-state index in [1.807, 2.05) is 18.2 Å². The Labute approximate surface area is 239 Å². The van der Waals surface area contributed by atoms with Gasteiger partial charge in [-0.1, -0.05) is 30.3 Å². The van der Waals surface area contributed by atoms with E-state index in [2.05, 4.69) is 26.1 Å². The highest BCUT2D eigenvalue weighted by Crippen LogP contribution is 2.09. The molecule has 4 amide bonds. The number of amides is 4. The number of ketones is 1. The maximum atomic E-state index is 13.4. The van der Waals surface area contributed by atoms with Crippen LogP contribution in [0.15, 0.2) is 30.3 Å². The minimum atomic E-state index is -1.21. The van der Waals surface area contributed by atoms with E-state index in [-0.39, 0.29) is 31.6 Å². The van der Waals surface area contributed by atoms with Gasteiger partial charge in [0.25, 0.3) is 0 Å². The fourth-order valence-electron chi connectivity index (χ4n) is 3.83. The Bertz CT molecular complexity index is 1100. The third kappa shape index (κ3) is 15.1. The van der Waals surface area contributed by atoms with E-state index in [9.17, 15) is 28.8 Å². The number of rotatable bonds is 18. The van der Waals surface area contributed by atoms with Crippen LogP contribution in [0.4, 0.5) is 0 Å². The van der Waals surface area contributed by atoms with Gasteiger partial charge in [-0.3, -0.25) is 24.0 Å². The Kier molecular flexibility index (Phi) is 15.9. The molecule has 0 aliphatic carbocycles. The first-order chi connectivity index (χ1) is 19.4. The van der Waals surface area contributed by atoms with Crippen molar-refractivity contribution in [2.75, 3.05) is 6.54 Å². The van der Waals surface area contributed by atoms with Gasteiger partial charge < -0.3 is 31.5 Å². The number of nitrogens with zero attached hydrogens (tertiary/aromatic N) is 2. The summed E-state index contributed by atoms with van der Waals surface area (Å²) in [5, 5.41) is 10.5. The highest BCUT2D eigenvalue weighted by atomic mass is 16.5. The summed E-state index contributed by atoms with van der Waals surface area (Å²) in [6.07, 6.45) is 1.17. The van der Waals surface area contributed by atoms with Crippen LogP contribution in [0.5, 0.6) is 0 Å². The minimum Gasteiger partial charge on any atom is -0.461 e. The Morgan fingerprint density at radius 2 is 1.49 bits per heavy atom. The summed E-state index contributed by atoms with van der Waals surface area (Å²) >= 11 is 0. The van der Waals surface area contributed by atoms with Crippen molar-refractivity contribution < 1.29 is 38.3 Å². The standard InChI is InChI=1S/C28H40N6O7/c1-18(2)41-28(40)24(14-13-22(37)17-31-29)34-26(38)23(12-8-9-15-30-19(3)35)33-27(39)25(32-20(4)36)16-21-10-6-5-7-11-21/h5-7,10-11,17-18,23-25H,8-9,12-16H2,1-4H3,(H,30,35)(H,32,36)(H,33,39)(H,34,38)/t23-,24-,25-/m0/s1. The van der Waals surface area contributed by atoms with Gasteiger partial charge in [0.2, 0.25) is 29.4 Å². The van der Waals surface area contributed by atoms with Crippen LogP contribution in [-0.2, 0) is 39.9 Å². The van der Waals surface area contributed by atoms with Gasteiger partial charge in [-0.05, 0) is 45.1 Å². The van der Waals surface area contributed by atoms with E-state index in [4.69, 9.17) is 10.3 Å². The van der Waals surface area contributed by atoms with Crippen molar-refractivity contribution in [3.05, 3.63) is 41.4 Å². The molecule has 0 aliphatic rings. The van der Waals surface area contributed by atoms with E-state index in [1.165, 1.54) is 13.8 Å². The number of hydrogen-bond donors (Lipinski definition) is 4. The number of carbonyl (C=O) groups is 6. The Balaban J connectivity index is 3.12. The molecular formula is C28H40N6O7. The third-order valence-electron chi connectivity index (χ3n) is 5.74. The molecule has 0 bridgehead atoms. The number of benzene rings is 1. The number of hydrogen-bond acceptors (Lipinski definition) is 7. The van der Waals surface area contributed by atoms with Gasteiger partial charge in [0.15, 0.2) is 0 Å². The lowest BCUT2D eigenvalue weighted by Gasteiger charge is -2.25. The van der Waals surface area contributed by atoms with Gasteiger partial charge in [-0.15, -0.1) is 0 Å². The highest BCUT2D eigenvalue weighted by Gasteiger charge is 2.30. The SMILES string of the molecule is CC(=O)NCCCC[C@H](NC(=O)[C@H](Cc1ccccc1)NC(C)=O)C(=O)N[C@@H](CCC(=O)C=[N+]=[N-])C(=O)OC(C)C. The minimum absolute atomic E-state index is 0.131. The molecular weight excluding hydrogens is 532 g/mol. The van der Waals surface area contributed by atoms with Crippen molar-refractivity contribution in [3.63, 3.8) is 0 Å². The average molecular weight is 573 g/mol. The summed E-state index contributed by atoms with van der Waals surface area (Å²) in [6.45, 7) is 6.31. The van der Waals surface area contributed by atoms with E-state index >= 15 is 0 Å². The first-order valence-electron chi connectivity index (χ1n) is 13.5. The summed E-state index contributed by atoms with van der Waals surface area (Å²) in [7, 11) is 0. The first-order valence-corrected chi connectivity index (χ1v) is 13.5. The molecule has 0 spiro atoms. The molecule has 224 valence electrons. The van der Waals surface area contributed by atoms with Gasteiger partial charge in [0.1, 0.15) is 18.1 Å². The number of Topliss-reactive ketones (excluding diaryl/α,β-unsaturated/α-hetero) is 1. The molecule has 1 rings (SSSR count). The normalized spacial score (nSPS) is 12.6. The Morgan fingerprint density at radius 3 is 2.07 bits per heavy atom. The van der Waals surface area contributed by atoms with Crippen LogP contribution in [0.1, 0.15) is 65.4 Å². The smallest absolute Gasteiger partial charge is 0.328 e. The van der Waals surface area contributed by atoms with Crippen molar-refractivity contribution >= 4 is 41.6 Å². The number of ether oxygens (including phenoxy) is 1. The summed E-state index contributed by atoms with van der Waals surface area (Å²) in [4.78, 5) is 76.9. The average Bonchev–Trinajstić information content (AvgIpc) is 2.89. The van der Waals surface area contributed by atoms with Crippen molar-refractivity contribution in [1.29, 1.82) is 0 Å². The number of nitrogens with one attached hydrogen (secondary N) is 4. The van der Waals surface area contributed by atoms with Crippen molar-refractivity contribution in [2.45, 2.75) is 90.4 Å². The third-order valence-corrected chi connectivity index (χ3v) is 5.74. The lowest BCUT2D eigenvalue weighted by molar-refractivity contribution is -0.152. The zero-order valence-corrected chi connectivity index (χ0v) is 24.0. The van der Waals surface area contributed by atoms with Gasteiger partial charge in [-0.2, -0.15) is 4.79 Å². The second-order valence-corrected chi connectivity index (χ2v) is 9.78. The fraction of sp³-hybridized carbons (Fsp3) is 0.536. The van der Waals surface area contributed by atoms with Crippen LogP contribution in [0.25, 0.3) is 5.53 Å². The van der Waals surface area contributed by atoms with Crippen LogP contribution in [-0.4, -0.2) is 77.2 Å². The molecule has 0 aliphatic heterocycles. The van der Waals surface area contributed by atoms with Crippen LogP contribution in [0.3, 0.4) is 0 Å². The van der Waals surface area contributed by atoms with Crippen molar-refractivity contribution in [2.24, 2.45) is 0 Å². The molecule has 4 N–H and O–H groups in total. The summed E-state index contributed by atoms with van der Waals surface area (Å²) in [6, 6.07) is 5.76. The summed E-state index contributed by atoms with van der Waals surface area (Å²) < 4.78 is 5.23. The van der Waals surface area contributed by atoms with Gasteiger partial charge in [0, 0.05) is 33.2 Å². The van der Waals surface area contributed by atoms with Crippen LogP contribution < -0.4 is 21.3 Å². The zero-order chi connectivity index (χ0) is 30.8.